The summed E-state index contributed by atoms with van der Waals surface area (Å²) < 4.78 is 0. The zero-order valence-electron chi connectivity index (χ0n) is 19.8. The number of para-hydroxylation sites is 1. The van der Waals surface area contributed by atoms with Crippen molar-refractivity contribution in [3.05, 3.63) is 24.3 Å². The average Bonchev–Trinajstić information content (AvgIpc) is 2.76. The van der Waals surface area contributed by atoms with Crippen molar-refractivity contribution in [2.24, 2.45) is 11.3 Å². The van der Waals surface area contributed by atoms with Crippen LogP contribution in [-0.4, -0.2) is 34.0 Å². The van der Waals surface area contributed by atoms with E-state index in [1.807, 2.05) is 6.07 Å². The Bertz CT molecular complexity index is 849. The molecule has 0 saturated heterocycles. The maximum atomic E-state index is 13.5. The number of carboxylic acid groups (broad SMARTS) is 1. The number of aliphatic carboxylic acids is 1. The van der Waals surface area contributed by atoms with Crippen LogP contribution in [0.2, 0.25) is 0 Å². The molecule has 0 heterocycles. The number of carboxylic acids is 1. The largest absolute Gasteiger partial charge is 0.481 e. The van der Waals surface area contributed by atoms with Crippen LogP contribution < -0.4 is 10.6 Å². The van der Waals surface area contributed by atoms with Crippen LogP contribution >= 0.6 is 11.8 Å². The number of thioether (sulfide) groups is 1. The van der Waals surface area contributed by atoms with Crippen molar-refractivity contribution in [2.75, 3.05) is 5.32 Å². The minimum Gasteiger partial charge on any atom is -0.481 e. The van der Waals surface area contributed by atoms with E-state index in [1.165, 1.54) is 6.92 Å². The first kappa shape index (κ1) is 26.9. The molecule has 0 bridgehead atoms. The molecule has 0 radical (unpaired) electrons. The number of nitrogens with one attached hydrogen (secondary N) is 2. The number of amides is 2. The zero-order chi connectivity index (χ0) is 24.4. The lowest BCUT2D eigenvalue weighted by atomic mass is 9.69. The van der Waals surface area contributed by atoms with Gasteiger partial charge in [-0.2, -0.15) is 0 Å². The first-order chi connectivity index (χ1) is 15.6. The molecule has 8 heteroatoms. The van der Waals surface area contributed by atoms with Crippen molar-refractivity contribution < 1.29 is 24.3 Å². The third-order valence-corrected chi connectivity index (χ3v) is 7.21. The molecule has 0 aromatic heterocycles. The van der Waals surface area contributed by atoms with Crippen molar-refractivity contribution >= 4 is 40.3 Å². The van der Waals surface area contributed by atoms with Crippen LogP contribution in [0.25, 0.3) is 0 Å². The third-order valence-electron chi connectivity index (χ3n) is 6.15. The molecule has 0 aliphatic heterocycles. The van der Waals surface area contributed by atoms with Gasteiger partial charge >= 0.3 is 5.97 Å². The van der Waals surface area contributed by atoms with E-state index in [1.54, 1.807) is 18.2 Å². The maximum Gasteiger partial charge on any atom is 0.303 e. The monoisotopic (exact) mass is 476 g/mol. The standard InChI is InChI=1S/C25H36N2O5S/c1-17(2)13-16-25(14-7-4-8-15-25)24(32)27-19-9-5-6-10-21(19)33-23(31)20(26-18(3)28)11-12-22(29)30/h5-6,9-10,17,20H,4,7-8,11-16H2,1-3H3,(H,26,28)(H,27,32)(H,29,30). The molecule has 3 N–H and O–H groups in total. The molecule has 1 fully saturated rings. The third kappa shape index (κ3) is 8.50. The molecule has 7 nitrogen and oxygen atoms in total. The summed E-state index contributed by atoms with van der Waals surface area (Å²) in [6, 6.07) is 6.20. The normalized spacial score (nSPS) is 16.1. The van der Waals surface area contributed by atoms with Crippen LogP contribution in [0, 0.1) is 11.3 Å². The predicted molar refractivity (Wildman–Crippen MR) is 130 cm³/mol. The van der Waals surface area contributed by atoms with Gasteiger partial charge in [-0.25, -0.2) is 0 Å². The van der Waals surface area contributed by atoms with Crippen LogP contribution in [0.1, 0.15) is 78.6 Å². The summed E-state index contributed by atoms with van der Waals surface area (Å²) in [5, 5.41) is 14.2. The van der Waals surface area contributed by atoms with Gasteiger partial charge in [0.25, 0.3) is 0 Å². The Hall–Kier alpha value is -2.35. The number of hydrogen-bond acceptors (Lipinski definition) is 5. The summed E-state index contributed by atoms with van der Waals surface area (Å²) in [6.45, 7) is 5.63. The van der Waals surface area contributed by atoms with E-state index in [9.17, 15) is 19.2 Å². The predicted octanol–water partition coefficient (Wildman–Crippen LogP) is 5.00. The van der Waals surface area contributed by atoms with Crippen LogP contribution in [0.15, 0.2) is 29.2 Å². The van der Waals surface area contributed by atoms with Gasteiger partial charge in [0.1, 0.15) is 0 Å². The first-order valence-electron chi connectivity index (χ1n) is 11.7. The summed E-state index contributed by atoms with van der Waals surface area (Å²) in [5.74, 6) is -0.901. The smallest absolute Gasteiger partial charge is 0.303 e. The highest BCUT2D eigenvalue weighted by Gasteiger charge is 2.39. The summed E-state index contributed by atoms with van der Waals surface area (Å²) in [6.07, 6.45) is 6.61. The van der Waals surface area contributed by atoms with E-state index in [0.717, 1.165) is 56.7 Å². The molecule has 1 aliphatic carbocycles. The van der Waals surface area contributed by atoms with E-state index in [0.29, 0.717) is 16.5 Å². The van der Waals surface area contributed by atoms with E-state index in [2.05, 4.69) is 24.5 Å². The first-order valence-corrected chi connectivity index (χ1v) is 12.6. The fraction of sp³-hybridized carbons (Fsp3) is 0.600. The molecule has 1 saturated carbocycles. The molecular formula is C25H36N2O5S. The van der Waals surface area contributed by atoms with Crippen LogP contribution in [-0.2, 0) is 19.2 Å². The summed E-state index contributed by atoms with van der Waals surface area (Å²) in [7, 11) is 0. The second kappa shape index (κ2) is 12.8. The van der Waals surface area contributed by atoms with Gasteiger partial charge in [0.15, 0.2) is 0 Å². The van der Waals surface area contributed by atoms with Gasteiger partial charge in [0.2, 0.25) is 16.9 Å². The summed E-state index contributed by atoms with van der Waals surface area (Å²) in [5.41, 5.74) is 0.181. The Labute approximate surface area is 200 Å². The number of rotatable bonds is 11. The molecule has 0 spiro atoms. The highest BCUT2D eigenvalue weighted by atomic mass is 32.2. The molecule has 1 aromatic carbocycles. The van der Waals surface area contributed by atoms with Crippen LogP contribution in [0.5, 0.6) is 0 Å². The van der Waals surface area contributed by atoms with Gasteiger partial charge in [-0.3, -0.25) is 19.2 Å². The topological polar surface area (TPSA) is 113 Å². The highest BCUT2D eigenvalue weighted by molar-refractivity contribution is 8.14. The Morgan fingerprint density at radius 1 is 1.06 bits per heavy atom. The van der Waals surface area contributed by atoms with Crippen LogP contribution in [0.4, 0.5) is 5.69 Å². The minimum absolute atomic E-state index is 0.00707. The fourth-order valence-electron chi connectivity index (χ4n) is 4.24. The van der Waals surface area contributed by atoms with Gasteiger partial charge in [-0.15, -0.1) is 0 Å². The summed E-state index contributed by atoms with van der Waals surface area (Å²) in [4.78, 5) is 49.4. The zero-order valence-corrected chi connectivity index (χ0v) is 20.6. The van der Waals surface area contributed by atoms with Crippen molar-refractivity contribution in [3.63, 3.8) is 0 Å². The quantitative estimate of drug-likeness (QED) is 0.388. The number of anilines is 1. The molecule has 2 amide bonds. The Morgan fingerprint density at radius 2 is 1.73 bits per heavy atom. The number of carbonyl (C=O) groups excluding carboxylic acids is 3. The Kier molecular flexibility index (Phi) is 10.4. The number of benzene rings is 1. The Balaban J connectivity index is 2.17. The SMILES string of the molecule is CC(=O)NC(CCC(=O)O)C(=O)Sc1ccccc1NC(=O)C1(CCC(C)C)CCCCC1. The molecule has 1 aromatic rings. The second-order valence-corrected chi connectivity index (χ2v) is 10.4. The molecule has 1 unspecified atom stereocenters. The molecular weight excluding hydrogens is 440 g/mol. The average molecular weight is 477 g/mol. The van der Waals surface area contributed by atoms with Gasteiger partial charge in [-0.05, 0) is 61.9 Å². The molecule has 1 atom stereocenters. The Morgan fingerprint density at radius 3 is 2.33 bits per heavy atom. The lowest BCUT2D eigenvalue weighted by Gasteiger charge is -2.36. The molecule has 33 heavy (non-hydrogen) atoms. The molecule has 182 valence electrons. The van der Waals surface area contributed by atoms with E-state index in [4.69, 9.17) is 5.11 Å². The van der Waals surface area contributed by atoms with Crippen molar-refractivity contribution in [3.8, 4) is 0 Å². The van der Waals surface area contributed by atoms with Gasteiger partial charge in [0, 0.05) is 23.7 Å². The number of hydrogen-bond donors (Lipinski definition) is 3. The lowest BCUT2D eigenvalue weighted by molar-refractivity contribution is -0.137. The van der Waals surface area contributed by atoms with E-state index in [-0.39, 0.29) is 29.3 Å². The summed E-state index contributed by atoms with van der Waals surface area (Å²) >= 11 is 0.916. The lowest BCUT2D eigenvalue weighted by Crippen LogP contribution is -2.39. The van der Waals surface area contributed by atoms with Gasteiger partial charge in [0.05, 0.1) is 11.7 Å². The van der Waals surface area contributed by atoms with Crippen molar-refractivity contribution in [1.82, 2.24) is 5.32 Å². The van der Waals surface area contributed by atoms with Gasteiger partial charge < -0.3 is 15.7 Å². The van der Waals surface area contributed by atoms with Gasteiger partial charge in [-0.1, -0.05) is 45.2 Å². The number of carbonyl (C=O) groups is 4. The van der Waals surface area contributed by atoms with Crippen LogP contribution in [0.3, 0.4) is 0 Å². The van der Waals surface area contributed by atoms with Crippen molar-refractivity contribution in [2.45, 2.75) is 89.5 Å². The molecule has 1 aliphatic rings. The van der Waals surface area contributed by atoms with E-state index >= 15 is 0 Å². The van der Waals surface area contributed by atoms with E-state index < -0.39 is 17.9 Å². The highest BCUT2D eigenvalue weighted by Crippen LogP contribution is 2.42. The van der Waals surface area contributed by atoms with Crippen molar-refractivity contribution in [1.29, 1.82) is 0 Å². The second-order valence-electron chi connectivity index (χ2n) is 9.33. The maximum absolute atomic E-state index is 13.5. The molecule has 2 rings (SSSR count). The fourth-order valence-corrected chi connectivity index (χ4v) is 5.15. The minimum atomic E-state index is -1.03.